The third kappa shape index (κ3) is 4.17. The zero-order chi connectivity index (χ0) is 21.8. The van der Waals surface area contributed by atoms with Gasteiger partial charge in [0.1, 0.15) is 0 Å². The van der Waals surface area contributed by atoms with Crippen LogP contribution in [0.15, 0.2) is 61.2 Å². The van der Waals surface area contributed by atoms with Crippen LogP contribution in [0.2, 0.25) is 0 Å². The normalized spacial score (nSPS) is 13.9. The maximum absolute atomic E-state index is 13.1. The Morgan fingerprint density at radius 1 is 1.12 bits per heavy atom. The van der Waals surface area contributed by atoms with Crippen LogP contribution in [-0.2, 0) is 11.2 Å². The molecule has 1 aliphatic rings. The minimum absolute atomic E-state index is 0.197. The Labute approximate surface area is 185 Å². The second kappa shape index (κ2) is 9.15. The summed E-state index contributed by atoms with van der Waals surface area (Å²) in [5.41, 5.74) is 4.08. The highest BCUT2D eigenvalue weighted by Crippen LogP contribution is 2.23. The van der Waals surface area contributed by atoms with Crippen LogP contribution in [-0.4, -0.2) is 58.7 Å². The van der Waals surface area contributed by atoms with E-state index in [1.807, 2.05) is 36.5 Å². The number of nitrogens with one attached hydrogen (secondary N) is 2. The number of ether oxygens (including phenoxy) is 1. The molecule has 4 aromatic rings. The fourth-order valence-electron chi connectivity index (χ4n) is 3.92. The second-order valence-corrected chi connectivity index (χ2v) is 7.64. The molecule has 5 rings (SSSR count). The topological polar surface area (TPSA) is 96.0 Å². The average Bonchev–Trinajstić information content (AvgIpc) is 3.28. The van der Waals surface area contributed by atoms with Gasteiger partial charge in [-0.2, -0.15) is 0 Å². The van der Waals surface area contributed by atoms with Crippen molar-refractivity contribution in [2.45, 2.75) is 6.42 Å². The van der Waals surface area contributed by atoms with Crippen molar-refractivity contribution < 1.29 is 9.53 Å². The van der Waals surface area contributed by atoms with E-state index in [9.17, 15) is 4.79 Å². The molecule has 1 aromatic carbocycles. The summed E-state index contributed by atoms with van der Waals surface area (Å²) in [6.07, 6.45) is 7.76. The lowest BCUT2D eigenvalue weighted by Gasteiger charge is -2.27. The largest absolute Gasteiger partial charge is 0.378 e. The number of para-hydroxylation sites is 1. The first-order chi connectivity index (χ1) is 15.8. The lowest BCUT2D eigenvalue weighted by Crippen LogP contribution is -2.37. The van der Waals surface area contributed by atoms with Crippen molar-refractivity contribution in [1.82, 2.24) is 25.3 Å². The number of pyridine rings is 1. The van der Waals surface area contributed by atoms with Crippen LogP contribution >= 0.6 is 0 Å². The van der Waals surface area contributed by atoms with Crippen molar-refractivity contribution in [2.24, 2.45) is 0 Å². The lowest BCUT2D eigenvalue weighted by atomic mass is 10.1. The molecule has 4 heterocycles. The van der Waals surface area contributed by atoms with E-state index < -0.39 is 0 Å². The fourth-order valence-corrected chi connectivity index (χ4v) is 3.92. The van der Waals surface area contributed by atoms with Gasteiger partial charge in [0.05, 0.1) is 24.5 Å². The highest BCUT2D eigenvalue weighted by atomic mass is 16.5. The van der Waals surface area contributed by atoms with Crippen molar-refractivity contribution in [2.75, 3.05) is 37.7 Å². The number of rotatable bonds is 6. The average molecular weight is 428 g/mol. The van der Waals surface area contributed by atoms with Gasteiger partial charge in [0.25, 0.3) is 5.91 Å². The Kier molecular flexibility index (Phi) is 5.76. The number of morpholine rings is 1. The molecule has 0 aliphatic carbocycles. The number of carbonyl (C=O) groups excluding carboxylic acids is 1. The number of nitrogens with zero attached hydrogens (tertiary/aromatic N) is 4. The Morgan fingerprint density at radius 2 is 2.00 bits per heavy atom. The van der Waals surface area contributed by atoms with Gasteiger partial charge in [-0.15, -0.1) is 0 Å². The quantitative estimate of drug-likeness (QED) is 0.490. The first-order valence-corrected chi connectivity index (χ1v) is 10.7. The smallest absolute Gasteiger partial charge is 0.255 e. The molecule has 0 atom stereocenters. The molecule has 0 unspecified atom stereocenters. The van der Waals surface area contributed by atoms with Crippen LogP contribution in [0, 0.1) is 0 Å². The molecule has 32 heavy (non-hydrogen) atoms. The van der Waals surface area contributed by atoms with Crippen LogP contribution in [0.25, 0.3) is 22.2 Å². The molecule has 0 saturated carbocycles. The second-order valence-electron chi connectivity index (χ2n) is 7.64. The maximum atomic E-state index is 13.1. The number of aromatic nitrogens is 4. The van der Waals surface area contributed by atoms with E-state index in [1.54, 1.807) is 18.6 Å². The van der Waals surface area contributed by atoms with E-state index in [4.69, 9.17) is 9.72 Å². The van der Waals surface area contributed by atoms with Gasteiger partial charge < -0.3 is 19.9 Å². The molecule has 1 fully saturated rings. The maximum Gasteiger partial charge on any atom is 0.255 e. The van der Waals surface area contributed by atoms with Gasteiger partial charge in [-0.3, -0.25) is 9.78 Å². The van der Waals surface area contributed by atoms with Gasteiger partial charge in [-0.25, -0.2) is 9.97 Å². The zero-order valence-electron chi connectivity index (χ0n) is 17.6. The van der Waals surface area contributed by atoms with Crippen molar-refractivity contribution in [3.8, 4) is 11.3 Å². The number of aromatic amines is 1. The Morgan fingerprint density at radius 3 is 2.84 bits per heavy atom. The van der Waals surface area contributed by atoms with Crippen molar-refractivity contribution in [3.63, 3.8) is 0 Å². The summed E-state index contributed by atoms with van der Waals surface area (Å²) in [6.45, 7) is 3.24. The summed E-state index contributed by atoms with van der Waals surface area (Å²) in [7, 11) is 0. The number of fused-ring (bicyclic) bond motifs is 1. The fraction of sp³-hybridized carbons (Fsp3) is 0.250. The summed E-state index contributed by atoms with van der Waals surface area (Å²) >= 11 is 0. The first-order valence-electron chi connectivity index (χ1n) is 10.7. The standard InChI is InChI=1S/C24H24N6O2/c31-23(26-9-7-17-15-27-21-6-2-1-5-19(17)21)20-16-28-24(30-10-12-32-13-11-30)29-22(20)18-4-3-8-25-14-18/h1-6,8,14-16,27H,7,9-13H2,(H,26,31). The third-order valence-corrected chi connectivity index (χ3v) is 5.60. The van der Waals surface area contributed by atoms with Gasteiger partial charge in [0.2, 0.25) is 5.95 Å². The van der Waals surface area contributed by atoms with E-state index in [0.717, 1.165) is 30.6 Å². The minimum Gasteiger partial charge on any atom is -0.378 e. The van der Waals surface area contributed by atoms with Gasteiger partial charge in [0, 0.05) is 60.9 Å². The summed E-state index contributed by atoms with van der Waals surface area (Å²) in [6, 6.07) is 11.9. The molecule has 0 radical (unpaired) electrons. The molecular formula is C24H24N6O2. The molecule has 1 aliphatic heterocycles. The van der Waals surface area contributed by atoms with Gasteiger partial charge in [0.15, 0.2) is 0 Å². The number of benzene rings is 1. The lowest BCUT2D eigenvalue weighted by molar-refractivity contribution is 0.0954. The Balaban J connectivity index is 1.36. The van der Waals surface area contributed by atoms with Crippen molar-refractivity contribution >= 4 is 22.8 Å². The minimum atomic E-state index is -0.197. The highest BCUT2D eigenvalue weighted by Gasteiger charge is 2.20. The molecule has 8 nitrogen and oxygen atoms in total. The monoisotopic (exact) mass is 428 g/mol. The zero-order valence-corrected chi connectivity index (χ0v) is 17.6. The molecule has 3 aromatic heterocycles. The summed E-state index contributed by atoms with van der Waals surface area (Å²) in [5, 5.41) is 4.20. The van der Waals surface area contributed by atoms with E-state index >= 15 is 0 Å². The SMILES string of the molecule is O=C(NCCc1c[nH]c2ccccc12)c1cnc(N2CCOCC2)nc1-c1cccnc1. The predicted octanol–water partition coefficient (Wildman–Crippen LogP) is 2.83. The first kappa shape index (κ1) is 20.1. The molecule has 1 saturated heterocycles. The number of H-pyrrole nitrogens is 1. The molecule has 0 spiro atoms. The van der Waals surface area contributed by atoms with Crippen LogP contribution in [0.3, 0.4) is 0 Å². The number of carbonyl (C=O) groups is 1. The number of anilines is 1. The molecule has 1 amide bonds. The van der Waals surface area contributed by atoms with Crippen molar-refractivity contribution in [3.05, 3.63) is 72.3 Å². The molecule has 0 bridgehead atoms. The van der Waals surface area contributed by atoms with E-state index in [2.05, 4.69) is 31.2 Å². The Hall–Kier alpha value is -3.78. The van der Waals surface area contributed by atoms with Crippen molar-refractivity contribution in [1.29, 1.82) is 0 Å². The van der Waals surface area contributed by atoms with E-state index in [0.29, 0.717) is 37.0 Å². The predicted molar refractivity (Wildman–Crippen MR) is 123 cm³/mol. The molecule has 2 N–H and O–H groups in total. The number of hydrogen-bond acceptors (Lipinski definition) is 6. The third-order valence-electron chi connectivity index (χ3n) is 5.60. The number of amides is 1. The Bertz CT molecular complexity index is 1220. The summed E-state index contributed by atoms with van der Waals surface area (Å²) < 4.78 is 5.43. The van der Waals surface area contributed by atoms with E-state index in [1.165, 1.54) is 10.9 Å². The number of hydrogen-bond donors (Lipinski definition) is 2. The molecular weight excluding hydrogens is 404 g/mol. The summed E-state index contributed by atoms with van der Waals surface area (Å²) in [5.74, 6) is 0.403. The van der Waals surface area contributed by atoms with Crippen LogP contribution < -0.4 is 10.2 Å². The molecule has 8 heteroatoms. The van der Waals surface area contributed by atoms with E-state index in [-0.39, 0.29) is 5.91 Å². The van der Waals surface area contributed by atoms with Gasteiger partial charge in [-0.1, -0.05) is 18.2 Å². The summed E-state index contributed by atoms with van der Waals surface area (Å²) in [4.78, 5) is 31.8. The van der Waals surface area contributed by atoms with Crippen LogP contribution in [0.5, 0.6) is 0 Å². The van der Waals surface area contributed by atoms with Crippen LogP contribution in [0.1, 0.15) is 15.9 Å². The highest BCUT2D eigenvalue weighted by molar-refractivity contribution is 5.99. The molecule has 162 valence electrons. The van der Waals surface area contributed by atoms with Gasteiger partial charge >= 0.3 is 0 Å². The van der Waals surface area contributed by atoms with Crippen LogP contribution in [0.4, 0.5) is 5.95 Å². The van der Waals surface area contributed by atoms with Gasteiger partial charge in [-0.05, 0) is 30.2 Å².